The zero-order valence-corrected chi connectivity index (χ0v) is 18.8. The molecule has 168 valence electrons. The molecule has 1 fully saturated rings. The first kappa shape index (κ1) is 21.9. The molecule has 7 nitrogen and oxygen atoms in total. The van der Waals surface area contributed by atoms with E-state index in [0.29, 0.717) is 30.4 Å². The summed E-state index contributed by atoms with van der Waals surface area (Å²) in [5.41, 5.74) is 2.70. The number of piperazine rings is 1. The van der Waals surface area contributed by atoms with Gasteiger partial charge >= 0.3 is 0 Å². The minimum absolute atomic E-state index is 0.0830. The van der Waals surface area contributed by atoms with Gasteiger partial charge in [-0.25, -0.2) is 4.98 Å². The van der Waals surface area contributed by atoms with E-state index in [1.54, 1.807) is 14.2 Å². The van der Waals surface area contributed by atoms with Crippen molar-refractivity contribution in [2.24, 2.45) is 0 Å². The van der Waals surface area contributed by atoms with E-state index in [2.05, 4.69) is 9.88 Å². The van der Waals surface area contributed by atoms with Crippen LogP contribution in [0.1, 0.15) is 17.0 Å². The number of carbonyl (C=O) groups is 1. The van der Waals surface area contributed by atoms with Gasteiger partial charge in [-0.05, 0) is 37.3 Å². The molecule has 0 aliphatic carbocycles. The number of ether oxygens (including phenoxy) is 2. The van der Waals surface area contributed by atoms with Crippen LogP contribution in [0, 0.1) is 6.92 Å². The highest BCUT2D eigenvalue weighted by molar-refractivity contribution is 5.78. The van der Waals surface area contributed by atoms with Crippen LogP contribution in [0.3, 0.4) is 0 Å². The van der Waals surface area contributed by atoms with Crippen LogP contribution in [0.25, 0.3) is 11.5 Å². The van der Waals surface area contributed by atoms with Crippen molar-refractivity contribution in [2.75, 3.05) is 40.4 Å². The maximum Gasteiger partial charge on any atom is 0.228 e. The second-order valence-corrected chi connectivity index (χ2v) is 7.90. The Morgan fingerprint density at radius 3 is 2.47 bits per heavy atom. The minimum atomic E-state index is 0.0830. The van der Waals surface area contributed by atoms with Crippen molar-refractivity contribution in [1.29, 1.82) is 0 Å². The Balaban J connectivity index is 1.34. The Hall–Kier alpha value is -3.32. The Morgan fingerprint density at radius 2 is 1.78 bits per heavy atom. The Labute approximate surface area is 188 Å². The molecule has 1 aliphatic rings. The Bertz CT molecular complexity index is 1060. The van der Waals surface area contributed by atoms with Crippen LogP contribution in [0.15, 0.2) is 52.9 Å². The standard InChI is InChI=1S/C25H29N3O4/c1-18-22(26-25(32-18)19-7-5-4-6-8-19)16-24(29)28-13-11-27(12-14-28)17-20-15-21(30-2)9-10-23(20)31-3/h4-10,15H,11-14,16-17H2,1-3H3. The smallest absolute Gasteiger partial charge is 0.228 e. The largest absolute Gasteiger partial charge is 0.497 e. The van der Waals surface area contributed by atoms with Gasteiger partial charge in [0, 0.05) is 43.9 Å². The molecule has 1 saturated heterocycles. The highest BCUT2D eigenvalue weighted by Crippen LogP contribution is 2.26. The summed E-state index contributed by atoms with van der Waals surface area (Å²) in [7, 11) is 3.34. The number of nitrogens with zero attached hydrogens (tertiary/aromatic N) is 3. The third-order valence-corrected chi connectivity index (χ3v) is 5.84. The molecule has 0 spiro atoms. The lowest BCUT2D eigenvalue weighted by atomic mass is 10.1. The number of oxazole rings is 1. The lowest BCUT2D eigenvalue weighted by molar-refractivity contribution is -0.132. The zero-order chi connectivity index (χ0) is 22.5. The van der Waals surface area contributed by atoms with Crippen LogP contribution < -0.4 is 9.47 Å². The fraction of sp³-hybridized carbons (Fsp3) is 0.360. The second kappa shape index (κ2) is 9.87. The molecule has 2 aromatic carbocycles. The van der Waals surface area contributed by atoms with Gasteiger partial charge in [0.15, 0.2) is 0 Å². The maximum absolute atomic E-state index is 12.9. The van der Waals surface area contributed by atoms with E-state index in [4.69, 9.17) is 13.9 Å². The molecule has 0 unspecified atom stereocenters. The average Bonchev–Trinajstić information content (AvgIpc) is 3.20. The molecular weight excluding hydrogens is 406 g/mol. The molecule has 7 heteroatoms. The summed E-state index contributed by atoms with van der Waals surface area (Å²) in [6, 6.07) is 15.6. The van der Waals surface area contributed by atoms with Crippen LogP contribution in [0.4, 0.5) is 0 Å². The quantitative estimate of drug-likeness (QED) is 0.565. The highest BCUT2D eigenvalue weighted by Gasteiger charge is 2.24. The third-order valence-electron chi connectivity index (χ3n) is 5.84. The molecule has 32 heavy (non-hydrogen) atoms. The molecule has 3 aromatic rings. The van der Waals surface area contributed by atoms with E-state index in [0.717, 1.165) is 42.3 Å². The van der Waals surface area contributed by atoms with Crippen molar-refractivity contribution in [3.63, 3.8) is 0 Å². The number of rotatable bonds is 7. The molecule has 1 aromatic heterocycles. The van der Waals surface area contributed by atoms with E-state index in [1.165, 1.54) is 0 Å². The Kier molecular flexibility index (Phi) is 6.75. The van der Waals surface area contributed by atoms with Gasteiger partial charge in [0.2, 0.25) is 11.8 Å². The van der Waals surface area contributed by atoms with Gasteiger partial charge in [0.25, 0.3) is 0 Å². The number of aryl methyl sites for hydroxylation is 1. The molecule has 2 heterocycles. The van der Waals surface area contributed by atoms with Crippen molar-refractivity contribution in [2.45, 2.75) is 19.9 Å². The van der Waals surface area contributed by atoms with Crippen LogP contribution in [-0.4, -0.2) is 61.1 Å². The van der Waals surface area contributed by atoms with Crippen LogP contribution in [0.5, 0.6) is 11.5 Å². The number of aromatic nitrogens is 1. The van der Waals surface area contributed by atoms with Crippen molar-refractivity contribution in [3.05, 3.63) is 65.5 Å². The monoisotopic (exact) mass is 435 g/mol. The third kappa shape index (κ3) is 4.94. The van der Waals surface area contributed by atoms with Gasteiger partial charge in [-0.15, -0.1) is 0 Å². The molecule has 1 amide bonds. The molecule has 0 N–H and O–H groups in total. The number of carbonyl (C=O) groups excluding carboxylic acids is 1. The summed E-state index contributed by atoms with van der Waals surface area (Å²) < 4.78 is 16.6. The normalized spacial score (nSPS) is 14.4. The molecule has 0 atom stereocenters. The first-order chi connectivity index (χ1) is 15.6. The van der Waals surface area contributed by atoms with E-state index in [-0.39, 0.29) is 12.3 Å². The minimum Gasteiger partial charge on any atom is -0.497 e. The van der Waals surface area contributed by atoms with Crippen molar-refractivity contribution < 1.29 is 18.7 Å². The van der Waals surface area contributed by atoms with Gasteiger partial charge in [0.1, 0.15) is 17.3 Å². The number of amides is 1. The SMILES string of the molecule is COc1ccc(OC)c(CN2CCN(C(=O)Cc3nc(-c4ccccc4)oc3C)CC2)c1. The molecule has 0 radical (unpaired) electrons. The number of benzene rings is 2. The fourth-order valence-electron chi connectivity index (χ4n) is 3.95. The molecule has 4 rings (SSSR count). The Morgan fingerprint density at radius 1 is 1.03 bits per heavy atom. The zero-order valence-electron chi connectivity index (χ0n) is 18.8. The first-order valence-electron chi connectivity index (χ1n) is 10.8. The summed E-state index contributed by atoms with van der Waals surface area (Å²) in [5, 5.41) is 0. The molecule has 0 saturated carbocycles. The van der Waals surface area contributed by atoms with Crippen LogP contribution >= 0.6 is 0 Å². The summed E-state index contributed by atoms with van der Waals surface area (Å²) in [6.07, 6.45) is 0.256. The number of hydrogen-bond acceptors (Lipinski definition) is 6. The average molecular weight is 436 g/mol. The lowest BCUT2D eigenvalue weighted by Crippen LogP contribution is -2.48. The summed E-state index contributed by atoms with van der Waals surface area (Å²) in [4.78, 5) is 21.7. The molecule has 0 bridgehead atoms. The van der Waals surface area contributed by atoms with Gasteiger partial charge in [-0.1, -0.05) is 18.2 Å². The van der Waals surface area contributed by atoms with Gasteiger partial charge in [-0.3, -0.25) is 9.69 Å². The predicted molar refractivity (Wildman–Crippen MR) is 122 cm³/mol. The first-order valence-corrected chi connectivity index (χ1v) is 10.8. The number of methoxy groups -OCH3 is 2. The van der Waals surface area contributed by atoms with E-state index in [1.807, 2.05) is 60.4 Å². The lowest BCUT2D eigenvalue weighted by Gasteiger charge is -2.35. The van der Waals surface area contributed by atoms with Crippen LogP contribution in [0.2, 0.25) is 0 Å². The predicted octanol–water partition coefficient (Wildman–Crippen LogP) is 3.55. The van der Waals surface area contributed by atoms with Crippen molar-refractivity contribution in [1.82, 2.24) is 14.8 Å². The van der Waals surface area contributed by atoms with Crippen molar-refractivity contribution in [3.8, 4) is 23.0 Å². The second-order valence-electron chi connectivity index (χ2n) is 7.90. The summed E-state index contributed by atoms with van der Waals surface area (Å²) in [6.45, 7) is 5.60. The highest BCUT2D eigenvalue weighted by atomic mass is 16.5. The van der Waals surface area contributed by atoms with Crippen molar-refractivity contribution >= 4 is 5.91 Å². The van der Waals surface area contributed by atoms with E-state index < -0.39 is 0 Å². The van der Waals surface area contributed by atoms with Gasteiger partial charge < -0.3 is 18.8 Å². The van der Waals surface area contributed by atoms with E-state index >= 15 is 0 Å². The molecular formula is C25H29N3O4. The van der Waals surface area contributed by atoms with Gasteiger partial charge in [-0.2, -0.15) is 0 Å². The van der Waals surface area contributed by atoms with Crippen LogP contribution in [-0.2, 0) is 17.8 Å². The topological polar surface area (TPSA) is 68.0 Å². The maximum atomic E-state index is 12.9. The molecule has 1 aliphatic heterocycles. The van der Waals surface area contributed by atoms with Gasteiger partial charge in [0.05, 0.1) is 26.3 Å². The summed E-state index contributed by atoms with van der Waals surface area (Å²) >= 11 is 0. The summed E-state index contributed by atoms with van der Waals surface area (Å²) in [5.74, 6) is 3.00. The van der Waals surface area contributed by atoms with E-state index in [9.17, 15) is 4.79 Å². The fourth-order valence-corrected chi connectivity index (χ4v) is 3.95. The number of hydrogen-bond donors (Lipinski definition) is 0.